The summed E-state index contributed by atoms with van der Waals surface area (Å²) in [6, 6.07) is 11.1. The van der Waals surface area contributed by atoms with E-state index in [9.17, 15) is 21.6 Å². The van der Waals surface area contributed by atoms with Crippen LogP contribution >= 0.6 is 11.8 Å². The van der Waals surface area contributed by atoms with E-state index in [0.717, 1.165) is 30.0 Å². The maximum absolute atomic E-state index is 13.0. The van der Waals surface area contributed by atoms with Crippen LogP contribution in [0, 0.1) is 0 Å². The molecule has 2 rings (SSSR count). The van der Waals surface area contributed by atoms with Gasteiger partial charge < -0.3 is 0 Å². The maximum atomic E-state index is 13.0. The molecule has 0 heterocycles. The molecule has 0 aliphatic rings. The Labute approximate surface area is 130 Å². The Morgan fingerprint density at radius 1 is 1.00 bits per heavy atom. The third kappa shape index (κ3) is 3.56. The van der Waals surface area contributed by atoms with Gasteiger partial charge in [-0.2, -0.15) is 13.2 Å². The van der Waals surface area contributed by atoms with Crippen molar-refractivity contribution < 1.29 is 21.6 Å². The normalized spacial score (nSPS) is 12.2. The van der Waals surface area contributed by atoms with Gasteiger partial charge in [-0.05, 0) is 30.5 Å². The summed E-state index contributed by atoms with van der Waals surface area (Å²) in [5, 5.41) is 0. The van der Waals surface area contributed by atoms with Crippen molar-refractivity contribution in [1.29, 1.82) is 0 Å². The molecule has 0 atom stereocenters. The number of sulfonamides is 1. The molecule has 0 aliphatic heterocycles. The van der Waals surface area contributed by atoms with Gasteiger partial charge in [-0.3, -0.25) is 4.72 Å². The number of rotatable bonds is 4. The van der Waals surface area contributed by atoms with E-state index in [-0.39, 0.29) is 10.6 Å². The lowest BCUT2D eigenvalue weighted by Crippen LogP contribution is -2.16. The zero-order valence-corrected chi connectivity index (χ0v) is 13.0. The molecule has 0 aromatic heterocycles. The van der Waals surface area contributed by atoms with Crippen molar-refractivity contribution in [3.8, 4) is 0 Å². The molecule has 8 heteroatoms. The molecule has 0 saturated carbocycles. The largest absolute Gasteiger partial charge is 0.417 e. The van der Waals surface area contributed by atoms with E-state index >= 15 is 0 Å². The van der Waals surface area contributed by atoms with Gasteiger partial charge >= 0.3 is 6.18 Å². The molecule has 0 unspecified atom stereocenters. The monoisotopic (exact) mass is 347 g/mol. The van der Waals surface area contributed by atoms with Gasteiger partial charge in [-0.15, -0.1) is 11.8 Å². The molecule has 0 fully saturated rings. The van der Waals surface area contributed by atoms with Gasteiger partial charge in [0.05, 0.1) is 5.56 Å². The number of thioether (sulfide) groups is 1. The second kappa shape index (κ2) is 6.21. The molecule has 2 aromatic rings. The predicted molar refractivity (Wildman–Crippen MR) is 80.5 cm³/mol. The van der Waals surface area contributed by atoms with E-state index in [1.807, 2.05) is 0 Å². The van der Waals surface area contributed by atoms with Crippen LogP contribution in [0.25, 0.3) is 0 Å². The number of alkyl halides is 3. The highest BCUT2D eigenvalue weighted by atomic mass is 32.2. The molecule has 1 N–H and O–H groups in total. The fourth-order valence-electron chi connectivity index (χ4n) is 1.88. The van der Waals surface area contributed by atoms with Gasteiger partial charge in [-0.25, -0.2) is 8.42 Å². The zero-order valence-electron chi connectivity index (χ0n) is 11.4. The van der Waals surface area contributed by atoms with Crippen LogP contribution in [0.3, 0.4) is 0 Å². The third-order valence-electron chi connectivity index (χ3n) is 2.80. The summed E-state index contributed by atoms with van der Waals surface area (Å²) >= 11 is 0.747. The average molecular weight is 347 g/mol. The molecule has 3 nitrogen and oxygen atoms in total. The Balaban J connectivity index is 2.52. The topological polar surface area (TPSA) is 46.2 Å². The van der Waals surface area contributed by atoms with Crippen molar-refractivity contribution in [3.63, 3.8) is 0 Å². The molecule has 0 spiro atoms. The van der Waals surface area contributed by atoms with Crippen molar-refractivity contribution in [2.24, 2.45) is 0 Å². The smallest absolute Gasteiger partial charge is 0.280 e. The summed E-state index contributed by atoms with van der Waals surface area (Å²) in [7, 11) is -4.11. The number of nitrogens with one attached hydrogen (secondary N) is 1. The van der Waals surface area contributed by atoms with Crippen molar-refractivity contribution in [2.75, 3.05) is 11.0 Å². The van der Waals surface area contributed by atoms with E-state index in [1.54, 1.807) is 18.2 Å². The lowest BCUT2D eigenvalue weighted by atomic mass is 10.2. The first-order valence-corrected chi connectivity index (χ1v) is 8.78. The van der Waals surface area contributed by atoms with Crippen molar-refractivity contribution in [3.05, 3.63) is 54.1 Å². The number of hydrogen-bond donors (Lipinski definition) is 1. The van der Waals surface area contributed by atoms with E-state index in [2.05, 4.69) is 4.72 Å². The van der Waals surface area contributed by atoms with Crippen molar-refractivity contribution >= 4 is 27.5 Å². The highest BCUT2D eigenvalue weighted by molar-refractivity contribution is 8.00. The van der Waals surface area contributed by atoms with E-state index < -0.39 is 26.7 Å². The minimum absolute atomic E-state index is 0.284. The molecule has 118 valence electrons. The minimum atomic E-state index is -4.61. The van der Waals surface area contributed by atoms with Crippen LogP contribution in [0.1, 0.15) is 5.56 Å². The molecule has 2 aromatic carbocycles. The first-order chi connectivity index (χ1) is 10.3. The van der Waals surface area contributed by atoms with Crippen LogP contribution in [0.5, 0.6) is 0 Å². The number of para-hydroxylation sites is 1. The second-order valence-corrected chi connectivity index (χ2v) is 6.77. The molecular weight excluding hydrogens is 335 g/mol. The summed E-state index contributed by atoms with van der Waals surface area (Å²) in [6.07, 6.45) is -3.21. The van der Waals surface area contributed by atoms with Crippen molar-refractivity contribution in [2.45, 2.75) is 16.0 Å². The van der Waals surface area contributed by atoms with Crippen LogP contribution in [0.2, 0.25) is 0 Å². The fraction of sp³-hybridized carbons (Fsp3) is 0.143. The summed E-state index contributed by atoms with van der Waals surface area (Å²) in [5.74, 6) is 0. The number of benzene rings is 2. The SMILES string of the molecule is CSc1c(C(F)(F)F)cccc1S(=O)(=O)Nc1ccccc1. The number of anilines is 1. The van der Waals surface area contributed by atoms with E-state index in [4.69, 9.17) is 0 Å². The molecular formula is C14H12F3NO2S2. The lowest BCUT2D eigenvalue weighted by molar-refractivity contribution is -0.140. The molecule has 0 saturated heterocycles. The van der Waals surface area contributed by atoms with Crippen LogP contribution < -0.4 is 4.72 Å². The van der Waals surface area contributed by atoms with E-state index in [1.165, 1.54) is 18.4 Å². The van der Waals surface area contributed by atoms with Crippen LogP contribution in [0.4, 0.5) is 18.9 Å². The van der Waals surface area contributed by atoms with Crippen LogP contribution in [-0.2, 0) is 16.2 Å². The van der Waals surface area contributed by atoms with E-state index in [0.29, 0.717) is 0 Å². The summed E-state index contributed by atoms with van der Waals surface area (Å²) in [5.41, 5.74) is -0.678. The fourth-order valence-corrected chi connectivity index (χ4v) is 4.30. The first-order valence-electron chi connectivity index (χ1n) is 6.08. The maximum Gasteiger partial charge on any atom is 0.417 e. The van der Waals surface area contributed by atoms with Gasteiger partial charge in [0.25, 0.3) is 10.0 Å². The zero-order chi connectivity index (χ0) is 16.4. The molecule has 0 amide bonds. The van der Waals surface area contributed by atoms with Crippen molar-refractivity contribution in [1.82, 2.24) is 0 Å². The predicted octanol–water partition coefficient (Wildman–Crippen LogP) is 4.23. The second-order valence-electron chi connectivity index (χ2n) is 4.31. The number of halogens is 3. The Hall–Kier alpha value is -1.67. The molecule has 22 heavy (non-hydrogen) atoms. The Morgan fingerprint density at radius 2 is 1.64 bits per heavy atom. The first kappa shape index (κ1) is 16.7. The number of hydrogen-bond acceptors (Lipinski definition) is 3. The average Bonchev–Trinajstić information content (AvgIpc) is 2.46. The third-order valence-corrected chi connectivity index (χ3v) is 5.20. The summed E-state index contributed by atoms with van der Waals surface area (Å²) in [4.78, 5) is -0.711. The molecule has 0 radical (unpaired) electrons. The quantitative estimate of drug-likeness (QED) is 0.842. The highest BCUT2D eigenvalue weighted by Gasteiger charge is 2.36. The van der Waals surface area contributed by atoms with Gasteiger partial charge in [0.2, 0.25) is 0 Å². The Bertz CT molecular complexity index is 759. The van der Waals surface area contributed by atoms with Crippen LogP contribution in [-0.4, -0.2) is 14.7 Å². The van der Waals surface area contributed by atoms with Gasteiger partial charge in [-0.1, -0.05) is 24.3 Å². The molecule has 0 bridgehead atoms. The Kier molecular flexibility index (Phi) is 4.72. The minimum Gasteiger partial charge on any atom is -0.280 e. The van der Waals surface area contributed by atoms with Gasteiger partial charge in [0, 0.05) is 10.6 Å². The summed E-state index contributed by atoms with van der Waals surface area (Å²) < 4.78 is 66.0. The standard InChI is InChI=1S/C14H12F3NO2S2/c1-21-13-11(14(15,16)17)8-5-9-12(13)22(19,20)18-10-6-3-2-4-7-10/h2-9,18H,1H3. The highest BCUT2D eigenvalue weighted by Crippen LogP contribution is 2.39. The van der Waals surface area contributed by atoms with Gasteiger partial charge in [0.15, 0.2) is 0 Å². The summed E-state index contributed by atoms with van der Waals surface area (Å²) in [6.45, 7) is 0. The Morgan fingerprint density at radius 3 is 2.18 bits per heavy atom. The van der Waals surface area contributed by atoms with Gasteiger partial charge in [0.1, 0.15) is 4.90 Å². The van der Waals surface area contributed by atoms with Crippen LogP contribution in [0.15, 0.2) is 58.3 Å². The molecule has 0 aliphatic carbocycles. The lowest BCUT2D eigenvalue weighted by Gasteiger charge is -2.16.